The number of rotatable bonds is 38. The summed E-state index contributed by atoms with van der Waals surface area (Å²) in [6, 6.07) is -9.21. The fourth-order valence-corrected chi connectivity index (χ4v) is 10.1. The summed E-state index contributed by atoms with van der Waals surface area (Å²) in [7, 11) is 0. The number of thiol groups is 4. The van der Waals surface area contributed by atoms with Crippen LogP contribution in [0.2, 0.25) is 0 Å². The maximum Gasteiger partial charge on any atom is 0.246 e. The topological polar surface area (TPSA) is 507 Å². The lowest BCUT2D eigenvalue weighted by atomic mass is 10.0. The van der Waals surface area contributed by atoms with Crippen LogP contribution < -0.4 is 70.0 Å². The molecule has 500 valence electrons. The number of hydrogen-bond acceptors (Lipinski definition) is 22. The molecule has 19 N–H and O–H groups in total. The van der Waals surface area contributed by atoms with E-state index in [2.05, 4.69) is 129 Å². The molecule has 2 aromatic heterocycles. The molecule has 1 aliphatic rings. The van der Waals surface area contributed by atoms with Gasteiger partial charge in [0.2, 0.25) is 76.8 Å². The molecule has 37 heteroatoms. The van der Waals surface area contributed by atoms with Crippen LogP contribution in [0.5, 0.6) is 5.75 Å². The first-order chi connectivity index (χ1) is 43.4. The van der Waals surface area contributed by atoms with E-state index in [-0.39, 0.29) is 79.6 Å². The van der Waals surface area contributed by atoms with Crippen LogP contribution in [0.3, 0.4) is 0 Å². The van der Waals surface area contributed by atoms with Crippen molar-refractivity contribution in [2.45, 2.75) is 132 Å². The molecule has 1 aliphatic heterocycles. The van der Waals surface area contributed by atoms with Gasteiger partial charge in [0.25, 0.3) is 0 Å². The molecule has 0 spiro atoms. The number of phenols is 1. The van der Waals surface area contributed by atoms with E-state index in [1.165, 1.54) is 68.1 Å². The van der Waals surface area contributed by atoms with Gasteiger partial charge in [0.15, 0.2) is 0 Å². The van der Waals surface area contributed by atoms with E-state index in [0.29, 0.717) is 30.5 Å². The highest BCUT2D eigenvalue weighted by Crippen LogP contribution is 2.20. The minimum Gasteiger partial charge on any atom is -0.508 e. The smallest absolute Gasteiger partial charge is 0.246 e. The normalized spacial score (nSPS) is 16.0. The first kappa shape index (κ1) is 75.3. The number of aliphatic hydroxyl groups excluding tert-OH is 1. The van der Waals surface area contributed by atoms with Gasteiger partial charge < -0.3 is 95.0 Å². The monoisotopic (exact) mass is 1350 g/mol. The second kappa shape index (κ2) is 38.5. The number of unbranched alkanes of at least 4 members (excludes halogenated alkanes) is 1. The molecular weight excluding hydrogens is 1270 g/mol. The first-order valence-electron chi connectivity index (χ1n) is 28.7. The Labute approximate surface area is 545 Å². The number of imidazole rings is 2. The maximum absolute atomic E-state index is 14.3. The number of aromatic nitrogens is 4. The van der Waals surface area contributed by atoms with Crippen molar-refractivity contribution < 1.29 is 72.5 Å². The van der Waals surface area contributed by atoms with Crippen molar-refractivity contribution >= 4 is 127 Å². The number of aromatic hydroxyl groups is 1. The summed E-state index contributed by atoms with van der Waals surface area (Å²) in [6.07, 6.45) is 6.16. The van der Waals surface area contributed by atoms with Crippen molar-refractivity contribution in [1.29, 1.82) is 0 Å². The number of phenolic OH excluding ortho intramolecular Hbond substituents is 1. The highest BCUT2D eigenvalue weighted by atomic mass is 32.1. The summed E-state index contributed by atoms with van der Waals surface area (Å²) in [6.45, 7) is 1.13. The molecule has 0 radical (unpaired) electrons. The number of benzene rings is 1. The van der Waals surface area contributed by atoms with Gasteiger partial charge in [-0.3, -0.25) is 62.3 Å². The fraction of sp³-hybridized carbons (Fsp3) is 0.537. The molecule has 3 heterocycles. The lowest BCUT2D eigenvalue weighted by Crippen LogP contribution is -2.60. The number of nitrogens with one attached hydrogen (secondary N) is 13. The number of carbonyl (C=O) groups excluding carboxylic acids is 13. The van der Waals surface area contributed by atoms with Gasteiger partial charge in [0.05, 0.1) is 37.2 Å². The Balaban J connectivity index is 1.42. The largest absolute Gasteiger partial charge is 0.508 e. The Morgan fingerprint density at radius 3 is 1.59 bits per heavy atom. The van der Waals surface area contributed by atoms with Gasteiger partial charge in [0.1, 0.15) is 72.2 Å². The molecule has 13 amide bonds. The molecule has 4 rings (SSSR count). The van der Waals surface area contributed by atoms with Crippen LogP contribution in [0.1, 0.15) is 62.9 Å². The SMILES string of the molecule is CC(=O)N[C@@H](CS)C(=O)N[C@@H](CS)C(=O)N[C@@H](Cc1c[nH]cn1)C(=O)N1CCC[C@H]1C(=O)N[C@@H](C)C(=O)N[C@@H](CS)C(=O)NCC(=O)N[C@@H](CCCCN)C(=O)N[C@@H](Cc1c[nH]cn1)C(=O)N[C@@H](Cc1ccc(O)cc1)C(=O)N[C@@H](CO)C(=O)N[C@@H](CS)C(N)=O. The molecule has 1 fully saturated rings. The van der Waals surface area contributed by atoms with Gasteiger partial charge in [-0.15, -0.1) is 0 Å². The van der Waals surface area contributed by atoms with Crippen molar-refractivity contribution in [2.24, 2.45) is 11.5 Å². The van der Waals surface area contributed by atoms with Crippen LogP contribution in [-0.2, 0) is 81.6 Å². The summed E-state index contributed by atoms with van der Waals surface area (Å²) in [4.78, 5) is 189. The van der Waals surface area contributed by atoms with Crippen molar-refractivity contribution in [3.05, 3.63) is 66.3 Å². The number of aromatic amines is 2. The molecule has 33 nitrogen and oxygen atoms in total. The molecule has 0 saturated carbocycles. The summed E-state index contributed by atoms with van der Waals surface area (Å²) in [5.41, 5.74) is 12.1. The zero-order chi connectivity index (χ0) is 67.3. The lowest BCUT2D eigenvalue weighted by Gasteiger charge is -2.30. The predicted octanol–water partition coefficient (Wildman–Crippen LogP) is -6.81. The van der Waals surface area contributed by atoms with Gasteiger partial charge in [0, 0.05) is 68.1 Å². The van der Waals surface area contributed by atoms with E-state index in [1.807, 2.05) is 0 Å². The number of likely N-dealkylation sites (tertiary alicyclic amines) is 1. The molecule has 3 aromatic rings. The molecule has 0 unspecified atom stereocenters. The summed E-state index contributed by atoms with van der Waals surface area (Å²) in [5.74, 6) is -11.8. The number of primary amides is 1. The molecular formula is C54H80N18O15S4. The number of H-pyrrole nitrogens is 2. The fourth-order valence-electron chi connectivity index (χ4n) is 9.04. The Morgan fingerprint density at radius 1 is 0.593 bits per heavy atom. The summed E-state index contributed by atoms with van der Waals surface area (Å²) in [5, 5.41) is 47.3. The van der Waals surface area contributed by atoms with Crippen LogP contribution in [-0.4, -0.2) is 228 Å². The molecule has 91 heavy (non-hydrogen) atoms. The number of nitrogens with two attached hydrogens (primary N) is 2. The summed E-state index contributed by atoms with van der Waals surface area (Å²) >= 11 is 16.5. The number of amides is 13. The number of hydrogen-bond donors (Lipinski definition) is 21. The highest BCUT2D eigenvalue weighted by Gasteiger charge is 2.40. The summed E-state index contributed by atoms with van der Waals surface area (Å²) < 4.78 is 0. The van der Waals surface area contributed by atoms with Crippen LogP contribution in [0.15, 0.2) is 49.3 Å². The molecule has 1 saturated heterocycles. The van der Waals surface area contributed by atoms with E-state index in [4.69, 9.17) is 11.5 Å². The lowest BCUT2D eigenvalue weighted by molar-refractivity contribution is -0.142. The predicted molar refractivity (Wildman–Crippen MR) is 339 cm³/mol. The van der Waals surface area contributed by atoms with Gasteiger partial charge in [-0.05, 0) is 63.3 Å². The van der Waals surface area contributed by atoms with E-state index >= 15 is 0 Å². The van der Waals surface area contributed by atoms with Crippen molar-refractivity contribution in [2.75, 3.05) is 49.3 Å². The van der Waals surface area contributed by atoms with Gasteiger partial charge in [-0.25, -0.2) is 9.97 Å². The maximum atomic E-state index is 14.3. The van der Waals surface area contributed by atoms with Crippen LogP contribution in [0.25, 0.3) is 0 Å². The van der Waals surface area contributed by atoms with E-state index in [9.17, 15) is 72.5 Å². The van der Waals surface area contributed by atoms with Gasteiger partial charge >= 0.3 is 0 Å². The van der Waals surface area contributed by atoms with Crippen LogP contribution in [0.4, 0.5) is 0 Å². The van der Waals surface area contributed by atoms with Crippen LogP contribution >= 0.6 is 50.5 Å². The third-order valence-corrected chi connectivity index (χ3v) is 15.4. The van der Waals surface area contributed by atoms with Crippen molar-refractivity contribution in [1.82, 2.24) is 83.3 Å². The zero-order valence-corrected chi connectivity index (χ0v) is 53.3. The van der Waals surface area contributed by atoms with Crippen molar-refractivity contribution in [3.63, 3.8) is 0 Å². The minimum absolute atomic E-state index is 0.0218. The number of carbonyl (C=O) groups is 13. The number of aliphatic hydroxyl groups is 1. The van der Waals surface area contributed by atoms with E-state index in [0.717, 1.165) is 0 Å². The molecule has 1 aromatic carbocycles. The Bertz CT molecular complexity index is 2970. The van der Waals surface area contributed by atoms with Crippen LogP contribution in [0, 0.1) is 0 Å². The second-order valence-corrected chi connectivity index (χ2v) is 22.4. The Kier molecular flexibility index (Phi) is 31.9. The molecule has 11 atom stereocenters. The molecule has 0 aliphatic carbocycles. The third-order valence-electron chi connectivity index (χ3n) is 14.0. The molecule has 0 bridgehead atoms. The van der Waals surface area contributed by atoms with Gasteiger partial charge in [-0.2, -0.15) is 50.5 Å². The minimum atomic E-state index is -1.65. The average Bonchev–Trinajstić information content (AvgIpc) is 1.91. The van der Waals surface area contributed by atoms with Crippen molar-refractivity contribution in [3.8, 4) is 5.75 Å². The quantitative estimate of drug-likeness (QED) is 0.0187. The highest BCUT2D eigenvalue weighted by molar-refractivity contribution is 7.80. The standard InChI is InChI=1S/C54H80N18O15S4/c1-27(62-53(86)42-7-5-13-72(42)54(87)36(16-31-18-58-26-61-31)67-52(85)41(24-91)71-51(84)40(23-90)63-28(2)74)45(78)70-39(22-89)46(79)59-19-43(76)64-33(6-3-4-12-55)47(80)66-35(15-30-17-57-25-60-30)49(82)65-34(14-29-8-10-32(75)11-9-29)48(81)68-37(20-73)50(83)69-38(21-88)44(56)77/h8-11,17-18,25-27,33-42,73,75,88-91H,3-7,12-16,19-24,55H2,1-2H3,(H2,56,77)(H,57,60)(H,58,61)(H,59,79)(H,62,86)(H,63,74)(H,64,76)(H,65,82)(H,66,80)(H,67,85)(H,68,81)(H,69,83)(H,70,78)(H,71,84)/t27-,33-,34-,35-,36-,37-,38-,39-,40-,41-,42-/m0/s1. The third kappa shape index (κ3) is 24.5. The van der Waals surface area contributed by atoms with E-state index < -0.39 is 156 Å². The average molecular weight is 1350 g/mol. The zero-order valence-electron chi connectivity index (χ0n) is 49.8. The van der Waals surface area contributed by atoms with E-state index in [1.54, 1.807) is 0 Å². The second-order valence-electron chi connectivity index (χ2n) is 20.9. The Morgan fingerprint density at radius 2 is 1.07 bits per heavy atom. The number of nitrogens with zero attached hydrogens (tertiary/aromatic N) is 3. The first-order valence-corrected chi connectivity index (χ1v) is 31.2. The van der Waals surface area contributed by atoms with Gasteiger partial charge in [-0.1, -0.05) is 12.1 Å². The Hall–Kier alpha value is -8.13.